The summed E-state index contributed by atoms with van der Waals surface area (Å²) in [6.07, 6.45) is 15.8. The van der Waals surface area contributed by atoms with Gasteiger partial charge in [-0.2, -0.15) is 60.4 Å². The predicted molar refractivity (Wildman–Crippen MR) is 597 cm³/mol. The van der Waals surface area contributed by atoms with Crippen LogP contribution in [0.3, 0.4) is 0 Å². The van der Waals surface area contributed by atoms with Gasteiger partial charge in [-0.3, -0.25) is 49.5 Å². The fourth-order valence-electron chi connectivity index (χ4n) is 14.5. The molecule has 13 heterocycles. The molecule has 0 bridgehead atoms. The van der Waals surface area contributed by atoms with Crippen molar-refractivity contribution in [1.29, 1.82) is 0 Å². The van der Waals surface area contributed by atoms with Gasteiger partial charge in [0.25, 0.3) is 27.8 Å². The smallest absolute Gasteiger partial charge is 0.273 e. The van der Waals surface area contributed by atoms with Crippen molar-refractivity contribution in [3.8, 4) is 11.4 Å². The summed E-state index contributed by atoms with van der Waals surface area (Å²) in [4.78, 5) is 87.1. The van der Waals surface area contributed by atoms with Gasteiger partial charge < -0.3 is 0 Å². The van der Waals surface area contributed by atoms with Gasteiger partial charge in [0, 0.05) is 86.2 Å². The highest BCUT2D eigenvalue weighted by molar-refractivity contribution is 5.82. The molecule has 0 atom stereocenters. The van der Waals surface area contributed by atoms with E-state index in [4.69, 9.17) is 0 Å². The normalized spacial score (nSPS) is 9.99. The Bertz CT molecular complexity index is 7220. The third kappa shape index (κ3) is 34.4. The molecule has 0 fully saturated rings. The highest BCUT2D eigenvalue weighted by atomic mass is 16.2. The van der Waals surface area contributed by atoms with Crippen LogP contribution in [0.2, 0.25) is 0 Å². The fraction of sp³-hybridized carbons (Fsp3) is 0.284. The maximum Gasteiger partial charge on any atom is 0.273 e. The largest absolute Gasteiger partial charge is 0.276 e. The summed E-state index contributed by atoms with van der Waals surface area (Å²) >= 11 is 0. The molecular formula is C116H142N26O5. The zero-order valence-corrected chi connectivity index (χ0v) is 88.6. The summed E-state index contributed by atoms with van der Waals surface area (Å²) in [5.41, 5.74) is 19.3. The molecule has 0 spiro atoms. The van der Waals surface area contributed by atoms with Crippen LogP contribution in [0.1, 0.15) is 212 Å². The summed E-state index contributed by atoms with van der Waals surface area (Å²) < 4.78 is 7.26. The second kappa shape index (κ2) is 66.0. The molecular weight excluding hydrogens is 1840 g/mol. The van der Waals surface area contributed by atoms with E-state index in [0.717, 1.165) is 127 Å². The van der Waals surface area contributed by atoms with Crippen molar-refractivity contribution in [2.45, 2.75) is 222 Å². The van der Waals surface area contributed by atoms with Crippen molar-refractivity contribution in [3.05, 3.63) is 436 Å². The molecule has 0 unspecified atom stereocenters. The Morgan fingerprint density at radius 1 is 0.218 bits per heavy atom. The molecule has 0 saturated carbocycles. The van der Waals surface area contributed by atoms with Crippen molar-refractivity contribution in [1.82, 2.24) is 130 Å². The average Bonchev–Trinajstić information content (AvgIpc) is 1.69. The number of para-hydroxylation sites is 3. The first-order chi connectivity index (χ1) is 72.5. The van der Waals surface area contributed by atoms with Crippen LogP contribution in [0, 0.1) is 0 Å². The average molecular weight is 1980 g/mol. The van der Waals surface area contributed by atoms with Crippen molar-refractivity contribution in [3.63, 3.8) is 0 Å². The van der Waals surface area contributed by atoms with E-state index in [0.29, 0.717) is 96.8 Å². The quantitative estimate of drug-likeness (QED) is 0.0397. The van der Waals surface area contributed by atoms with E-state index >= 15 is 0 Å². The maximum absolute atomic E-state index is 12.4. The second-order valence-electron chi connectivity index (χ2n) is 29.6. The first-order valence-corrected chi connectivity index (χ1v) is 51.3. The molecule has 31 nitrogen and oxygen atoms in total. The summed E-state index contributed by atoms with van der Waals surface area (Å²) in [5.74, 6) is 1.52. The van der Waals surface area contributed by atoms with Gasteiger partial charge >= 0.3 is 0 Å². The minimum Gasteiger partial charge on any atom is -0.276 e. The number of hydrogen-bond acceptors (Lipinski definition) is 21. The third-order valence-electron chi connectivity index (χ3n) is 20.9. The van der Waals surface area contributed by atoms with Crippen LogP contribution in [0.4, 0.5) is 0 Å². The van der Waals surface area contributed by atoms with Gasteiger partial charge in [-0.1, -0.05) is 345 Å². The van der Waals surface area contributed by atoms with Gasteiger partial charge in [0.2, 0.25) is 0 Å². The molecule has 0 aliphatic carbocycles. The Kier molecular flexibility index (Phi) is 52.5. The minimum atomic E-state index is -0.199. The maximum atomic E-state index is 12.4. The third-order valence-corrected chi connectivity index (χ3v) is 20.9. The monoisotopic (exact) mass is 1980 g/mol. The van der Waals surface area contributed by atoms with E-state index in [2.05, 4.69) is 131 Å². The molecule has 0 aliphatic rings. The van der Waals surface area contributed by atoms with Gasteiger partial charge in [-0.15, -0.1) is 0 Å². The molecule has 766 valence electrons. The second-order valence-corrected chi connectivity index (χ2v) is 29.6. The Morgan fingerprint density at radius 2 is 0.456 bits per heavy atom. The van der Waals surface area contributed by atoms with Gasteiger partial charge in [0.1, 0.15) is 45.6 Å². The molecule has 0 amide bonds. The highest BCUT2D eigenvalue weighted by Crippen LogP contribution is 2.23. The first kappa shape index (κ1) is 117. The fourth-order valence-corrected chi connectivity index (χ4v) is 14.5. The SMILES string of the molecule is CC.CC.CC.CC.CC.CC.CC.CC.CC.CC.O=c1cc2[nH]nc(CCc3ccccc3)c2nn1-c1ccccc1.O=c1cc2[nH]nc(CCc3ccccc3)c2nn1Cc1ccccc1.O=c1cc2[nH]nc(CCc3ncccn3)c2nn1-c1ccccc1.O=c1cc2[nH]nc(CCc3ncccn3)c2nn1Cc1ccccc1.O=c1cc2[nH]nc(CCc3ncnc4ccccc34)c2nn1Cc1ccccc1. The number of aryl methyl sites for hydroxylation is 10. The number of aromatic amines is 5. The Morgan fingerprint density at radius 3 is 0.755 bits per heavy atom. The summed E-state index contributed by atoms with van der Waals surface area (Å²) in [6, 6.07) is 88.1. The van der Waals surface area contributed by atoms with E-state index in [-0.39, 0.29) is 27.8 Å². The zero-order valence-electron chi connectivity index (χ0n) is 88.6. The molecule has 13 aromatic heterocycles. The van der Waals surface area contributed by atoms with E-state index < -0.39 is 0 Å². The van der Waals surface area contributed by atoms with Crippen LogP contribution in [0.25, 0.3) is 77.4 Å². The number of H-pyrrole nitrogens is 5. The lowest BCUT2D eigenvalue weighted by molar-refractivity contribution is 0.652. The number of aromatic nitrogens is 26. The van der Waals surface area contributed by atoms with Crippen LogP contribution in [0.5, 0.6) is 0 Å². The standard InChI is InChI=1S/C22H18N6O.C20H18N4O.C19H16N4O.C18H16N6O.C17H14N6O.10C2H6/c29-21-12-20-22(27-28(21)13-15-6-2-1-3-7-15)19(25-26-20)11-10-18-16-8-4-5-9-17(16)23-14-24-18;25-19-13-18-20(23-24(19)14-16-9-5-2-6-10-16)17(21-22-18)12-11-15-7-3-1-4-8-15;24-18-13-17-19(22-23(18)15-9-5-2-6-10-15)16(20-21-17)12-11-14-7-3-1-4-8-14;25-17-11-15-18(23-24(17)12-13-5-2-1-3-6-13)14(21-22-15)7-8-16-19-9-4-10-20-16;24-16-11-14-17(22-23(16)12-5-2-1-3-6-12)13(20-21-14)7-8-15-18-9-4-10-19-15;10*1-2/h1-9,12,14,26H,10-11,13H2;1-10,13,22H,11-12,14H2;1-10,13,21H,11-12H2;1-6,9-11,22H,7-8,12H2;1-6,9-11,21H,7-8H2;10*1-2H3. The lowest BCUT2D eigenvalue weighted by atomic mass is 10.1. The number of nitrogens with zero attached hydrogens (tertiary/aromatic N) is 21. The molecule has 21 rings (SSSR count). The molecule has 0 saturated heterocycles. The van der Waals surface area contributed by atoms with Crippen LogP contribution < -0.4 is 27.8 Å². The van der Waals surface area contributed by atoms with Crippen LogP contribution in [-0.2, 0) is 83.8 Å². The van der Waals surface area contributed by atoms with Gasteiger partial charge in [-0.05, 0) is 109 Å². The topological polar surface area (TPSA) is 395 Å². The molecule has 0 aliphatic heterocycles. The number of hydrogen-bond donors (Lipinski definition) is 5. The summed E-state index contributed by atoms with van der Waals surface area (Å²) in [7, 11) is 0. The number of fused-ring (bicyclic) bond motifs is 6. The van der Waals surface area contributed by atoms with Crippen molar-refractivity contribution < 1.29 is 0 Å². The van der Waals surface area contributed by atoms with Gasteiger partial charge in [0.15, 0.2) is 0 Å². The van der Waals surface area contributed by atoms with Crippen LogP contribution in [0.15, 0.2) is 334 Å². The van der Waals surface area contributed by atoms with E-state index in [9.17, 15) is 24.0 Å². The minimum absolute atomic E-state index is 0.130. The van der Waals surface area contributed by atoms with E-state index in [1.54, 1.807) is 67.5 Å². The molecule has 5 N–H and O–H groups in total. The van der Waals surface area contributed by atoms with Crippen molar-refractivity contribution in [2.75, 3.05) is 0 Å². The first-order valence-electron chi connectivity index (χ1n) is 51.3. The van der Waals surface area contributed by atoms with Crippen LogP contribution in [-0.4, -0.2) is 130 Å². The lowest BCUT2D eigenvalue weighted by Crippen LogP contribution is -2.22. The molecule has 0 radical (unpaired) electrons. The van der Waals surface area contributed by atoms with Gasteiger partial charge in [-0.25, -0.2) is 43.9 Å². The number of benzene rings is 8. The Hall–Kier alpha value is -17.0. The zero-order chi connectivity index (χ0) is 106. The van der Waals surface area contributed by atoms with E-state index in [1.807, 2.05) is 351 Å². The number of nitrogens with one attached hydrogen (secondary N) is 5. The Balaban J connectivity index is 0.000000238. The predicted octanol–water partition coefficient (Wildman–Crippen LogP) is 22.4. The molecule has 31 heteroatoms. The highest BCUT2D eigenvalue weighted by Gasteiger charge is 2.19. The number of rotatable bonds is 23. The molecule has 147 heavy (non-hydrogen) atoms. The summed E-state index contributed by atoms with van der Waals surface area (Å²) in [6.45, 7) is 41.3. The van der Waals surface area contributed by atoms with Crippen molar-refractivity contribution >= 4 is 66.1 Å². The van der Waals surface area contributed by atoms with E-state index in [1.165, 1.54) is 40.6 Å². The molecule has 8 aromatic carbocycles. The van der Waals surface area contributed by atoms with Gasteiger partial charge in [0.05, 0.1) is 98.3 Å². The summed E-state index contributed by atoms with van der Waals surface area (Å²) in [5, 5.41) is 60.0. The lowest BCUT2D eigenvalue weighted by Gasteiger charge is -2.06. The van der Waals surface area contributed by atoms with Crippen molar-refractivity contribution in [2.24, 2.45) is 0 Å². The Labute approximate surface area is 860 Å². The van der Waals surface area contributed by atoms with Crippen LogP contribution >= 0.6 is 0 Å². The molecule has 21 aromatic rings.